The summed E-state index contributed by atoms with van der Waals surface area (Å²) in [6, 6.07) is 6.04. The zero-order valence-electron chi connectivity index (χ0n) is 13.8. The molecule has 1 fully saturated rings. The Morgan fingerprint density at radius 2 is 1.82 bits per heavy atom. The van der Waals surface area contributed by atoms with Crippen molar-refractivity contribution in [3.63, 3.8) is 0 Å². The van der Waals surface area contributed by atoms with E-state index in [1.165, 1.54) is 5.69 Å². The fourth-order valence-electron chi connectivity index (χ4n) is 2.63. The quantitative estimate of drug-likeness (QED) is 0.630. The Bertz CT molecular complexity index is 515. The van der Waals surface area contributed by atoms with E-state index in [1.54, 1.807) is 0 Å². The number of hydrogen-bond donors (Lipinski definition) is 0. The van der Waals surface area contributed by atoms with Crippen LogP contribution in [-0.4, -0.2) is 70.3 Å². The Labute approximate surface area is 138 Å². The van der Waals surface area contributed by atoms with Gasteiger partial charge in [0.2, 0.25) is 0 Å². The van der Waals surface area contributed by atoms with E-state index in [9.17, 15) is 0 Å². The lowest BCUT2D eigenvalue weighted by Gasteiger charge is -2.30. The molecule has 122 valence electrons. The van der Waals surface area contributed by atoms with Crippen LogP contribution >= 0.6 is 11.6 Å². The average molecular weight is 325 g/mol. The molecule has 0 unspecified atom stereocenters. The van der Waals surface area contributed by atoms with E-state index in [4.69, 9.17) is 21.3 Å². The second-order valence-corrected chi connectivity index (χ2v) is 6.21. The van der Waals surface area contributed by atoms with Crippen LogP contribution in [0.5, 0.6) is 0 Å². The van der Waals surface area contributed by atoms with Crippen molar-refractivity contribution in [2.24, 2.45) is 4.99 Å². The highest BCUT2D eigenvalue weighted by Crippen LogP contribution is 2.26. The molecular weight excluding hydrogens is 300 g/mol. The number of hydrogen-bond acceptors (Lipinski definition) is 3. The van der Waals surface area contributed by atoms with Gasteiger partial charge >= 0.3 is 0 Å². The summed E-state index contributed by atoms with van der Waals surface area (Å²) in [6.07, 6.45) is 0. The molecule has 0 bridgehead atoms. The van der Waals surface area contributed by atoms with E-state index < -0.39 is 0 Å². The number of rotatable bonds is 3. The second kappa shape index (κ2) is 7.70. The van der Waals surface area contributed by atoms with Gasteiger partial charge < -0.3 is 19.4 Å². The number of ether oxygens (including phenoxy) is 1. The summed E-state index contributed by atoms with van der Waals surface area (Å²) < 4.78 is 5.44. The van der Waals surface area contributed by atoms with Crippen molar-refractivity contribution >= 4 is 23.2 Å². The third kappa shape index (κ3) is 4.27. The van der Waals surface area contributed by atoms with Crippen molar-refractivity contribution in [1.29, 1.82) is 0 Å². The first-order valence-corrected chi connectivity index (χ1v) is 7.87. The highest BCUT2D eigenvalue weighted by Gasteiger charge is 2.15. The monoisotopic (exact) mass is 324 g/mol. The minimum Gasteiger partial charge on any atom is -0.378 e. The smallest absolute Gasteiger partial charge is 0.195 e. The van der Waals surface area contributed by atoms with Crippen LogP contribution < -0.4 is 4.90 Å². The van der Waals surface area contributed by atoms with Gasteiger partial charge in [-0.05, 0) is 23.8 Å². The molecule has 5 nitrogen and oxygen atoms in total. The minimum atomic E-state index is 0.610. The summed E-state index contributed by atoms with van der Waals surface area (Å²) in [4.78, 5) is 11.1. The van der Waals surface area contributed by atoms with E-state index >= 15 is 0 Å². The Balaban J connectivity index is 2.25. The highest BCUT2D eigenvalue weighted by molar-refractivity contribution is 6.30. The van der Waals surface area contributed by atoms with Gasteiger partial charge in [-0.25, -0.2) is 4.99 Å². The Hall–Kier alpha value is -1.46. The van der Waals surface area contributed by atoms with Crippen LogP contribution in [0.25, 0.3) is 0 Å². The second-order valence-electron chi connectivity index (χ2n) is 5.78. The van der Waals surface area contributed by atoms with Crippen molar-refractivity contribution in [3.05, 3.63) is 28.8 Å². The fourth-order valence-corrected chi connectivity index (χ4v) is 2.83. The summed E-state index contributed by atoms with van der Waals surface area (Å²) >= 11 is 6.18. The lowest BCUT2D eigenvalue weighted by molar-refractivity contribution is 0.122. The first-order valence-electron chi connectivity index (χ1n) is 7.49. The van der Waals surface area contributed by atoms with Gasteiger partial charge in [0.05, 0.1) is 19.8 Å². The average Bonchev–Trinajstić information content (AvgIpc) is 2.47. The number of halogens is 1. The third-order valence-corrected chi connectivity index (χ3v) is 3.82. The number of benzene rings is 1. The molecule has 2 rings (SSSR count). The molecule has 0 spiro atoms. The molecule has 1 saturated heterocycles. The van der Waals surface area contributed by atoms with Crippen LogP contribution in [0.2, 0.25) is 5.02 Å². The van der Waals surface area contributed by atoms with Crippen molar-refractivity contribution < 1.29 is 4.74 Å². The number of nitrogens with zero attached hydrogens (tertiary/aromatic N) is 4. The summed E-state index contributed by atoms with van der Waals surface area (Å²) in [5.74, 6) is 0.938. The predicted octanol–water partition coefficient (Wildman–Crippen LogP) is 2.16. The van der Waals surface area contributed by atoms with E-state index in [0.717, 1.165) is 42.8 Å². The first kappa shape index (κ1) is 16.9. The van der Waals surface area contributed by atoms with Crippen LogP contribution in [0.15, 0.2) is 23.2 Å². The highest BCUT2D eigenvalue weighted by atomic mass is 35.5. The number of guanidine groups is 1. The minimum absolute atomic E-state index is 0.610. The summed E-state index contributed by atoms with van der Waals surface area (Å²) in [5.41, 5.74) is 2.35. The standard InChI is InChI=1S/C16H25ClN4O/c1-19(2)16(20(3)4)18-12-13-11-14(17)5-6-15(13)21-7-9-22-10-8-21/h5-6,11H,7-10,12H2,1-4H3. The molecule has 0 N–H and O–H groups in total. The Morgan fingerprint density at radius 1 is 1.18 bits per heavy atom. The first-order chi connectivity index (χ1) is 10.5. The Morgan fingerprint density at radius 3 is 2.41 bits per heavy atom. The largest absolute Gasteiger partial charge is 0.378 e. The van der Waals surface area contributed by atoms with Gasteiger partial charge in [0.25, 0.3) is 0 Å². The molecule has 22 heavy (non-hydrogen) atoms. The van der Waals surface area contributed by atoms with Gasteiger partial charge in [0.1, 0.15) is 0 Å². The van der Waals surface area contributed by atoms with Crippen molar-refractivity contribution in [2.45, 2.75) is 6.54 Å². The topological polar surface area (TPSA) is 31.3 Å². The zero-order chi connectivity index (χ0) is 16.1. The van der Waals surface area contributed by atoms with E-state index in [0.29, 0.717) is 6.54 Å². The molecule has 0 atom stereocenters. The predicted molar refractivity (Wildman–Crippen MR) is 93.0 cm³/mol. The van der Waals surface area contributed by atoms with Crippen LogP contribution in [0.1, 0.15) is 5.56 Å². The molecule has 0 saturated carbocycles. The molecule has 0 radical (unpaired) electrons. The fraction of sp³-hybridized carbons (Fsp3) is 0.562. The number of morpholine rings is 1. The molecule has 0 aliphatic carbocycles. The van der Waals surface area contributed by atoms with Crippen LogP contribution in [0, 0.1) is 0 Å². The summed E-state index contributed by atoms with van der Waals surface area (Å²) in [5, 5.41) is 0.749. The van der Waals surface area contributed by atoms with Gasteiger partial charge in [-0.3, -0.25) is 0 Å². The maximum Gasteiger partial charge on any atom is 0.195 e. The van der Waals surface area contributed by atoms with Crippen LogP contribution in [0.3, 0.4) is 0 Å². The van der Waals surface area contributed by atoms with Crippen LogP contribution in [0.4, 0.5) is 5.69 Å². The maximum absolute atomic E-state index is 6.18. The maximum atomic E-state index is 6.18. The summed E-state index contributed by atoms with van der Waals surface area (Å²) in [6.45, 7) is 3.97. The molecule has 1 aromatic carbocycles. The SMILES string of the molecule is CN(C)C(=NCc1cc(Cl)ccc1N1CCOCC1)N(C)C. The molecule has 1 aliphatic heterocycles. The van der Waals surface area contributed by atoms with Gasteiger partial charge in [0, 0.05) is 52.0 Å². The van der Waals surface area contributed by atoms with Gasteiger partial charge in [-0.15, -0.1) is 0 Å². The van der Waals surface area contributed by atoms with E-state index in [2.05, 4.69) is 11.0 Å². The summed E-state index contributed by atoms with van der Waals surface area (Å²) in [7, 11) is 8.00. The Kier molecular flexibility index (Phi) is 5.91. The number of aliphatic imine (C=N–C) groups is 1. The molecule has 0 aromatic heterocycles. The molecule has 1 aliphatic rings. The van der Waals surface area contributed by atoms with Crippen molar-refractivity contribution in [3.8, 4) is 0 Å². The lowest BCUT2D eigenvalue weighted by atomic mass is 10.1. The van der Waals surface area contributed by atoms with E-state index in [-0.39, 0.29) is 0 Å². The molecule has 0 amide bonds. The number of anilines is 1. The normalized spacial score (nSPS) is 14.7. The third-order valence-electron chi connectivity index (χ3n) is 3.58. The molecule has 1 aromatic rings. The van der Waals surface area contributed by atoms with E-state index in [1.807, 2.05) is 50.1 Å². The molecule has 1 heterocycles. The van der Waals surface area contributed by atoms with Crippen molar-refractivity contribution in [1.82, 2.24) is 9.80 Å². The van der Waals surface area contributed by atoms with Gasteiger partial charge in [-0.2, -0.15) is 0 Å². The van der Waals surface area contributed by atoms with Gasteiger partial charge in [-0.1, -0.05) is 11.6 Å². The molecular formula is C16H25ClN4O. The van der Waals surface area contributed by atoms with Crippen molar-refractivity contribution in [2.75, 3.05) is 59.4 Å². The van der Waals surface area contributed by atoms with Gasteiger partial charge in [0.15, 0.2) is 5.96 Å². The zero-order valence-corrected chi connectivity index (χ0v) is 14.6. The molecule has 6 heteroatoms. The van der Waals surface area contributed by atoms with Crippen LogP contribution in [-0.2, 0) is 11.3 Å². The lowest BCUT2D eigenvalue weighted by Crippen LogP contribution is -2.37.